The Kier molecular flexibility index (Phi) is 10.1. The molecular weight excluding hydrogens is 536 g/mol. The lowest BCUT2D eigenvalue weighted by Gasteiger charge is -2.23. The van der Waals surface area contributed by atoms with Crippen LogP contribution < -0.4 is 4.74 Å². The van der Waals surface area contributed by atoms with Crippen molar-refractivity contribution >= 4 is 18.1 Å². The second kappa shape index (κ2) is 14.3. The van der Waals surface area contributed by atoms with Crippen molar-refractivity contribution in [1.29, 1.82) is 0 Å². The standard InChI is InChI=1S/C38H40O5/c1-4-8-27-13-19-34-31(23-27)14-15-32-25-30(26(2)29-9-6-5-7-10-29)16-20-35(32)37(34)43-22-21-42-33-17-11-28(12-18-33)24-36(41-3)38(39)40/h5-7,9-20,23,25-26,36-37H,4,8,21-22,24H2,1-3H3,(H,39,40). The van der Waals surface area contributed by atoms with Gasteiger partial charge in [-0.15, -0.1) is 0 Å². The van der Waals surface area contributed by atoms with E-state index in [1.807, 2.05) is 24.3 Å². The van der Waals surface area contributed by atoms with Crippen LogP contribution in [0.4, 0.5) is 0 Å². The lowest BCUT2D eigenvalue weighted by Crippen LogP contribution is -2.24. The second-order valence-corrected chi connectivity index (χ2v) is 11.1. The van der Waals surface area contributed by atoms with Gasteiger partial charge in [-0.1, -0.05) is 111 Å². The number of fused-ring (bicyclic) bond motifs is 2. The summed E-state index contributed by atoms with van der Waals surface area (Å²) in [7, 11) is 1.41. The number of rotatable bonds is 13. The predicted molar refractivity (Wildman–Crippen MR) is 172 cm³/mol. The molecule has 5 nitrogen and oxygen atoms in total. The van der Waals surface area contributed by atoms with Crippen molar-refractivity contribution in [3.63, 3.8) is 0 Å². The maximum absolute atomic E-state index is 11.3. The van der Waals surface area contributed by atoms with E-state index in [4.69, 9.17) is 14.2 Å². The SMILES string of the molecule is CCCc1ccc2c(c1)C=Cc1cc(C(C)c3ccccc3)ccc1C2OCCOc1ccc(CC(OC)C(=O)O)cc1. The average Bonchev–Trinajstić information content (AvgIpc) is 3.18. The largest absolute Gasteiger partial charge is 0.491 e. The molecule has 43 heavy (non-hydrogen) atoms. The van der Waals surface area contributed by atoms with Crippen LogP contribution in [0.2, 0.25) is 0 Å². The van der Waals surface area contributed by atoms with E-state index >= 15 is 0 Å². The summed E-state index contributed by atoms with van der Waals surface area (Å²) in [6.07, 6.45) is 5.83. The number of carboxylic acid groups (broad SMARTS) is 1. The molecule has 1 aliphatic rings. The Morgan fingerprint density at radius 2 is 1.49 bits per heavy atom. The van der Waals surface area contributed by atoms with E-state index in [9.17, 15) is 9.90 Å². The predicted octanol–water partition coefficient (Wildman–Crippen LogP) is 8.10. The van der Waals surface area contributed by atoms with Gasteiger partial charge >= 0.3 is 5.97 Å². The molecule has 1 aliphatic carbocycles. The molecule has 3 atom stereocenters. The van der Waals surface area contributed by atoms with Crippen molar-refractivity contribution in [2.45, 2.75) is 51.2 Å². The Labute approximate surface area is 254 Å². The van der Waals surface area contributed by atoms with Crippen LogP contribution in [0.25, 0.3) is 12.2 Å². The number of ether oxygens (including phenoxy) is 3. The number of hydrogen-bond acceptors (Lipinski definition) is 4. The van der Waals surface area contributed by atoms with Gasteiger partial charge in [0.2, 0.25) is 0 Å². The third-order valence-electron chi connectivity index (χ3n) is 8.15. The molecule has 4 aromatic carbocycles. The minimum Gasteiger partial charge on any atom is -0.491 e. The first-order valence-corrected chi connectivity index (χ1v) is 15.1. The van der Waals surface area contributed by atoms with Crippen molar-refractivity contribution < 1.29 is 24.1 Å². The van der Waals surface area contributed by atoms with E-state index in [1.165, 1.54) is 34.9 Å². The fourth-order valence-corrected chi connectivity index (χ4v) is 5.69. The Balaban J connectivity index is 1.32. The first kappa shape index (κ1) is 30.3. The van der Waals surface area contributed by atoms with Crippen LogP contribution in [-0.4, -0.2) is 37.5 Å². The Hall–Kier alpha value is -4.19. The number of aryl methyl sites for hydroxylation is 1. The molecule has 5 rings (SSSR count). The maximum atomic E-state index is 11.3. The normalized spacial score (nSPS) is 15.2. The molecule has 222 valence electrons. The first-order chi connectivity index (χ1) is 21.0. The zero-order chi connectivity index (χ0) is 30.2. The van der Waals surface area contributed by atoms with Gasteiger partial charge in [0.1, 0.15) is 18.5 Å². The fraction of sp³-hybridized carbons (Fsp3) is 0.289. The number of aliphatic carboxylic acids is 1. The van der Waals surface area contributed by atoms with Gasteiger partial charge in [0.25, 0.3) is 0 Å². The van der Waals surface area contributed by atoms with Crippen LogP contribution in [0.1, 0.15) is 76.8 Å². The zero-order valence-electron chi connectivity index (χ0n) is 25.2. The molecule has 4 aromatic rings. The fourth-order valence-electron chi connectivity index (χ4n) is 5.69. The second-order valence-electron chi connectivity index (χ2n) is 11.1. The Morgan fingerprint density at radius 3 is 2.16 bits per heavy atom. The minimum atomic E-state index is -0.972. The molecule has 1 N–H and O–H groups in total. The van der Waals surface area contributed by atoms with Crippen LogP contribution in [0.15, 0.2) is 91.0 Å². The molecule has 3 unspecified atom stereocenters. The summed E-state index contributed by atoms with van der Waals surface area (Å²) < 4.78 is 17.6. The lowest BCUT2D eigenvalue weighted by atomic mass is 9.89. The Bertz CT molecular complexity index is 1540. The van der Waals surface area contributed by atoms with E-state index in [1.54, 1.807) is 0 Å². The minimum absolute atomic E-state index is 0.218. The molecule has 0 saturated heterocycles. The van der Waals surface area contributed by atoms with Crippen molar-refractivity contribution in [2.24, 2.45) is 0 Å². The number of carbonyl (C=O) groups is 1. The molecule has 5 heteroatoms. The summed E-state index contributed by atoms with van der Waals surface area (Å²) >= 11 is 0. The highest BCUT2D eigenvalue weighted by atomic mass is 16.5. The number of hydrogen-bond donors (Lipinski definition) is 1. The van der Waals surface area contributed by atoms with Crippen LogP contribution in [-0.2, 0) is 27.1 Å². The molecular formula is C38H40O5. The van der Waals surface area contributed by atoms with Crippen LogP contribution in [0, 0.1) is 0 Å². The highest BCUT2D eigenvalue weighted by molar-refractivity contribution is 5.77. The highest BCUT2D eigenvalue weighted by Crippen LogP contribution is 2.38. The summed E-state index contributed by atoms with van der Waals surface area (Å²) in [6, 6.07) is 31.5. The lowest BCUT2D eigenvalue weighted by molar-refractivity contribution is -0.148. The van der Waals surface area contributed by atoms with Gasteiger partial charge < -0.3 is 19.3 Å². The van der Waals surface area contributed by atoms with E-state index < -0.39 is 12.1 Å². The molecule has 0 aromatic heterocycles. The molecule has 0 radical (unpaired) electrons. The van der Waals surface area contributed by atoms with Gasteiger partial charge in [0.05, 0.1) is 6.61 Å². The van der Waals surface area contributed by atoms with Gasteiger partial charge in [0, 0.05) is 19.4 Å². The highest BCUT2D eigenvalue weighted by Gasteiger charge is 2.24. The zero-order valence-corrected chi connectivity index (χ0v) is 25.2. The van der Waals surface area contributed by atoms with Crippen molar-refractivity contribution in [3.8, 4) is 5.75 Å². The van der Waals surface area contributed by atoms with Gasteiger partial charge in [-0.25, -0.2) is 4.79 Å². The first-order valence-electron chi connectivity index (χ1n) is 15.1. The van der Waals surface area contributed by atoms with E-state index in [2.05, 4.69) is 92.7 Å². The van der Waals surface area contributed by atoms with E-state index in [-0.39, 0.29) is 12.0 Å². The number of benzene rings is 4. The summed E-state index contributed by atoms with van der Waals surface area (Å²) in [5, 5.41) is 9.24. The molecule has 0 aliphatic heterocycles. The topological polar surface area (TPSA) is 65.0 Å². The van der Waals surface area contributed by atoms with Gasteiger partial charge in [0.15, 0.2) is 6.10 Å². The molecule has 0 fully saturated rings. The average molecular weight is 577 g/mol. The number of carboxylic acids is 1. The summed E-state index contributed by atoms with van der Waals surface area (Å²) in [4.78, 5) is 11.3. The summed E-state index contributed by atoms with van der Waals surface area (Å²) in [5.74, 6) is 0.0226. The third kappa shape index (κ3) is 7.42. The van der Waals surface area contributed by atoms with Crippen molar-refractivity contribution in [2.75, 3.05) is 20.3 Å². The molecule has 0 spiro atoms. The van der Waals surface area contributed by atoms with Crippen LogP contribution in [0.3, 0.4) is 0 Å². The van der Waals surface area contributed by atoms with Gasteiger partial charge in [-0.3, -0.25) is 0 Å². The van der Waals surface area contributed by atoms with E-state index in [0.717, 1.165) is 29.5 Å². The summed E-state index contributed by atoms with van der Waals surface area (Å²) in [5.41, 5.74) is 9.46. The monoisotopic (exact) mass is 576 g/mol. The Morgan fingerprint density at radius 1 is 0.814 bits per heavy atom. The van der Waals surface area contributed by atoms with Gasteiger partial charge in [-0.2, -0.15) is 0 Å². The van der Waals surface area contributed by atoms with Crippen molar-refractivity contribution in [1.82, 2.24) is 0 Å². The molecule has 0 bridgehead atoms. The molecule has 0 saturated carbocycles. The smallest absolute Gasteiger partial charge is 0.333 e. The molecule has 0 heterocycles. The van der Waals surface area contributed by atoms with Crippen LogP contribution >= 0.6 is 0 Å². The molecule has 0 amide bonds. The number of methoxy groups -OCH3 is 1. The van der Waals surface area contributed by atoms with E-state index in [0.29, 0.717) is 25.4 Å². The quantitative estimate of drug-likeness (QED) is 0.163. The third-order valence-corrected chi connectivity index (χ3v) is 8.15. The summed E-state index contributed by atoms with van der Waals surface area (Å²) in [6.45, 7) is 5.26. The van der Waals surface area contributed by atoms with Crippen LogP contribution in [0.5, 0.6) is 5.75 Å². The van der Waals surface area contributed by atoms with Gasteiger partial charge in [-0.05, 0) is 63.1 Å². The maximum Gasteiger partial charge on any atom is 0.333 e. The van der Waals surface area contributed by atoms with Crippen molar-refractivity contribution in [3.05, 3.63) is 136 Å².